The average Bonchev–Trinajstić information content (AvgIpc) is 2.51. The maximum absolute atomic E-state index is 12.7. The number of aliphatic imine (C=N–C) groups is 1. The van der Waals surface area contributed by atoms with E-state index >= 15 is 0 Å². The van der Waals surface area contributed by atoms with Gasteiger partial charge in [0.2, 0.25) is 0 Å². The van der Waals surface area contributed by atoms with Gasteiger partial charge in [0.15, 0.2) is 15.8 Å². The topological polar surface area (TPSA) is 61.8 Å². The van der Waals surface area contributed by atoms with Crippen molar-refractivity contribution in [3.63, 3.8) is 0 Å². The quantitative estimate of drug-likeness (QED) is 0.588. The van der Waals surface area contributed by atoms with Crippen molar-refractivity contribution in [1.82, 2.24) is 10.2 Å². The molecule has 1 heterocycles. The lowest BCUT2D eigenvalue weighted by molar-refractivity contribution is -0.183. The molecule has 1 aliphatic carbocycles. The van der Waals surface area contributed by atoms with Gasteiger partial charge in [-0.3, -0.25) is 4.99 Å². The molecule has 1 saturated heterocycles. The van der Waals surface area contributed by atoms with Gasteiger partial charge >= 0.3 is 6.18 Å². The van der Waals surface area contributed by atoms with Crippen LogP contribution in [0.5, 0.6) is 0 Å². The third-order valence-electron chi connectivity index (χ3n) is 5.41. The second-order valence-electron chi connectivity index (χ2n) is 7.69. The van der Waals surface area contributed by atoms with E-state index in [9.17, 15) is 21.6 Å². The molecule has 0 amide bonds. The van der Waals surface area contributed by atoms with E-state index in [1.54, 1.807) is 20.9 Å². The summed E-state index contributed by atoms with van der Waals surface area (Å²) in [5, 5.41) is 3.23. The molecule has 0 spiro atoms. The van der Waals surface area contributed by atoms with Crippen LogP contribution in [0.4, 0.5) is 13.2 Å². The first-order valence-electron chi connectivity index (χ1n) is 8.71. The molecule has 0 bridgehead atoms. The van der Waals surface area contributed by atoms with Crippen LogP contribution in [0.25, 0.3) is 0 Å². The summed E-state index contributed by atoms with van der Waals surface area (Å²) in [6.45, 7) is 4.73. The third-order valence-corrected chi connectivity index (χ3v) is 7.95. The number of alkyl halides is 3. The monoisotopic (exact) mass is 383 g/mol. The van der Waals surface area contributed by atoms with Crippen LogP contribution in [0.2, 0.25) is 0 Å². The standard InChI is InChI=1S/C16H28F3N3O2S/c1-15(2)11-22(8-9-25(15,23)24)14(20-3)21-10-12-4-6-13(7-5-12)16(17,18)19/h12-13H,4-11H2,1-3H3,(H,20,21). The van der Waals surface area contributed by atoms with Crippen molar-refractivity contribution in [2.45, 2.75) is 50.5 Å². The van der Waals surface area contributed by atoms with Crippen molar-refractivity contribution < 1.29 is 21.6 Å². The lowest BCUT2D eigenvalue weighted by Gasteiger charge is -2.39. The summed E-state index contributed by atoms with van der Waals surface area (Å²) in [5.74, 6) is -0.272. The molecule has 2 fully saturated rings. The molecule has 0 unspecified atom stereocenters. The Labute approximate surface area is 148 Å². The number of halogens is 3. The van der Waals surface area contributed by atoms with Crippen molar-refractivity contribution in [3.05, 3.63) is 0 Å². The zero-order valence-corrected chi connectivity index (χ0v) is 15.9. The maximum atomic E-state index is 12.7. The van der Waals surface area contributed by atoms with Crippen LogP contribution in [0, 0.1) is 11.8 Å². The SMILES string of the molecule is CN=C(NCC1CCC(C(F)(F)F)CC1)N1CCS(=O)(=O)C(C)(C)C1. The summed E-state index contributed by atoms with van der Waals surface area (Å²) in [5.41, 5.74) is 0. The predicted octanol–water partition coefficient (Wildman–Crippen LogP) is 2.44. The highest BCUT2D eigenvalue weighted by Crippen LogP contribution is 2.39. The number of nitrogens with zero attached hydrogens (tertiary/aromatic N) is 2. The van der Waals surface area contributed by atoms with Gasteiger partial charge in [0.25, 0.3) is 0 Å². The van der Waals surface area contributed by atoms with Crippen molar-refractivity contribution >= 4 is 15.8 Å². The first kappa shape index (κ1) is 20.3. The van der Waals surface area contributed by atoms with Crippen LogP contribution in [0.1, 0.15) is 39.5 Å². The number of sulfone groups is 1. The van der Waals surface area contributed by atoms with Crippen LogP contribution in [-0.4, -0.2) is 62.6 Å². The fourth-order valence-corrected chi connectivity index (χ4v) is 4.95. The molecule has 146 valence electrons. The Hall–Kier alpha value is -0.990. The van der Waals surface area contributed by atoms with E-state index in [-0.39, 0.29) is 24.5 Å². The van der Waals surface area contributed by atoms with Gasteiger partial charge in [-0.1, -0.05) is 0 Å². The third kappa shape index (κ3) is 4.80. The zero-order valence-electron chi connectivity index (χ0n) is 15.1. The molecule has 25 heavy (non-hydrogen) atoms. The van der Waals surface area contributed by atoms with E-state index in [1.165, 1.54) is 0 Å². The highest BCUT2D eigenvalue weighted by atomic mass is 32.2. The smallest absolute Gasteiger partial charge is 0.356 e. The average molecular weight is 383 g/mol. The van der Waals surface area contributed by atoms with Crippen molar-refractivity contribution in [2.75, 3.05) is 32.4 Å². The molecule has 0 aromatic heterocycles. The van der Waals surface area contributed by atoms with E-state index in [2.05, 4.69) is 10.3 Å². The van der Waals surface area contributed by atoms with Crippen molar-refractivity contribution in [2.24, 2.45) is 16.8 Å². The minimum Gasteiger partial charge on any atom is -0.356 e. The minimum absolute atomic E-state index is 0.0807. The molecule has 2 rings (SSSR count). The number of rotatable bonds is 2. The van der Waals surface area contributed by atoms with Gasteiger partial charge < -0.3 is 10.2 Å². The van der Waals surface area contributed by atoms with E-state index in [0.29, 0.717) is 38.4 Å². The van der Waals surface area contributed by atoms with Crippen LogP contribution >= 0.6 is 0 Å². The number of guanidine groups is 1. The first-order valence-corrected chi connectivity index (χ1v) is 10.4. The second-order valence-corrected chi connectivity index (χ2v) is 10.4. The Morgan fingerprint density at radius 3 is 2.32 bits per heavy atom. The highest BCUT2D eigenvalue weighted by Gasteiger charge is 2.42. The summed E-state index contributed by atoms with van der Waals surface area (Å²) in [7, 11) is -1.48. The van der Waals surface area contributed by atoms with Crippen LogP contribution in [-0.2, 0) is 9.84 Å². The summed E-state index contributed by atoms with van der Waals surface area (Å²) >= 11 is 0. The summed E-state index contributed by atoms with van der Waals surface area (Å²) in [4.78, 5) is 6.14. The van der Waals surface area contributed by atoms with E-state index in [4.69, 9.17) is 0 Å². The van der Waals surface area contributed by atoms with Gasteiger partial charge in [-0.05, 0) is 45.4 Å². The fourth-order valence-electron chi connectivity index (χ4n) is 3.59. The highest BCUT2D eigenvalue weighted by molar-refractivity contribution is 7.92. The largest absolute Gasteiger partial charge is 0.391 e. The van der Waals surface area contributed by atoms with Gasteiger partial charge in [0, 0.05) is 26.7 Å². The van der Waals surface area contributed by atoms with E-state index in [1.807, 2.05) is 4.90 Å². The molecule has 0 radical (unpaired) electrons. The molecular weight excluding hydrogens is 355 g/mol. The Bertz CT molecular complexity index is 594. The fraction of sp³-hybridized carbons (Fsp3) is 0.938. The molecule has 1 N–H and O–H groups in total. The summed E-state index contributed by atoms with van der Waals surface area (Å²) < 4.78 is 61.5. The summed E-state index contributed by atoms with van der Waals surface area (Å²) in [6, 6.07) is 0. The van der Waals surface area contributed by atoms with Gasteiger partial charge in [-0.15, -0.1) is 0 Å². The number of nitrogens with one attached hydrogen (secondary N) is 1. The molecule has 2 aliphatic rings. The van der Waals surface area contributed by atoms with Crippen LogP contribution in [0.3, 0.4) is 0 Å². The molecule has 1 aliphatic heterocycles. The van der Waals surface area contributed by atoms with Gasteiger partial charge in [0.05, 0.1) is 16.4 Å². The molecule has 0 aromatic rings. The normalized spacial score (nSPS) is 30.2. The first-order chi connectivity index (χ1) is 11.5. The molecule has 5 nitrogen and oxygen atoms in total. The molecule has 1 saturated carbocycles. The number of hydrogen-bond acceptors (Lipinski definition) is 3. The lowest BCUT2D eigenvalue weighted by atomic mass is 9.81. The lowest BCUT2D eigenvalue weighted by Crippen LogP contribution is -2.57. The predicted molar refractivity (Wildman–Crippen MR) is 92.3 cm³/mol. The van der Waals surface area contributed by atoms with Crippen molar-refractivity contribution in [3.8, 4) is 0 Å². The van der Waals surface area contributed by atoms with Gasteiger partial charge in [-0.25, -0.2) is 8.42 Å². The Balaban J connectivity index is 1.86. The molecule has 0 aromatic carbocycles. The zero-order chi connectivity index (χ0) is 18.9. The minimum atomic E-state index is -4.08. The Morgan fingerprint density at radius 1 is 1.24 bits per heavy atom. The van der Waals surface area contributed by atoms with Gasteiger partial charge in [0.1, 0.15) is 0 Å². The molecule has 0 atom stereocenters. The van der Waals surface area contributed by atoms with Crippen LogP contribution < -0.4 is 5.32 Å². The maximum Gasteiger partial charge on any atom is 0.391 e. The van der Waals surface area contributed by atoms with Gasteiger partial charge in [-0.2, -0.15) is 13.2 Å². The van der Waals surface area contributed by atoms with E-state index < -0.39 is 26.7 Å². The molecular formula is C16H28F3N3O2S. The summed E-state index contributed by atoms with van der Waals surface area (Å²) in [6.07, 6.45) is -2.62. The Kier molecular flexibility index (Phi) is 5.95. The van der Waals surface area contributed by atoms with Crippen molar-refractivity contribution in [1.29, 1.82) is 0 Å². The number of hydrogen-bond donors (Lipinski definition) is 1. The second kappa shape index (κ2) is 7.32. The van der Waals surface area contributed by atoms with Crippen LogP contribution in [0.15, 0.2) is 4.99 Å². The Morgan fingerprint density at radius 2 is 1.84 bits per heavy atom. The van der Waals surface area contributed by atoms with E-state index in [0.717, 1.165) is 0 Å². The molecule has 9 heteroatoms.